The van der Waals surface area contributed by atoms with E-state index in [1.807, 2.05) is 35.2 Å². The molecule has 40 heavy (non-hydrogen) atoms. The largest absolute Gasteiger partial charge is 0.369 e. The lowest BCUT2D eigenvalue weighted by molar-refractivity contribution is 0.0724. The van der Waals surface area contributed by atoms with Crippen LogP contribution in [0.4, 0.5) is 26.2 Å². The first-order chi connectivity index (χ1) is 19.5. The summed E-state index contributed by atoms with van der Waals surface area (Å²) < 4.78 is 14.1. The Hall–Kier alpha value is -4.40. The highest BCUT2D eigenvalue weighted by molar-refractivity contribution is 6.06. The molecule has 5 rings (SSSR count). The smallest absolute Gasteiger partial charge is 0.321 e. The van der Waals surface area contributed by atoms with Gasteiger partial charge in [0.15, 0.2) is 0 Å². The third-order valence-corrected chi connectivity index (χ3v) is 7.40. The molecule has 3 aromatic carbocycles. The minimum Gasteiger partial charge on any atom is -0.369 e. The van der Waals surface area contributed by atoms with Crippen molar-refractivity contribution in [1.29, 1.82) is 0 Å². The number of likely N-dealkylation sites (tertiary alicyclic amines) is 1. The van der Waals surface area contributed by atoms with E-state index in [4.69, 9.17) is 0 Å². The van der Waals surface area contributed by atoms with E-state index in [0.717, 1.165) is 24.9 Å². The maximum atomic E-state index is 14.1. The number of nitrogens with zero attached hydrogens (tertiary/aromatic N) is 3. The molecule has 0 aromatic heterocycles. The minimum absolute atomic E-state index is 0.0519. The molecule has 0 radical (unpaired) electrons. The number of benzene rings is 3. The van der Waals surface area contributed by atoms with Crippen LogP contribution < -0.4 is 15.5 Å². The van der Waals surface area contributed by atoms with E-state index >= 15 is 0 Å². The molecule has 2 saturated heterocycles. The van der Waals surface area contributed by atoms with Crippen LogP contribution in [0.3, 0.4) is 0 Å². The fraction of sp³-hybridized carbons (Fsp3) is 0.323. The van der Waals surface area contributed by atoms with Crippen LogP contribution in [0.15, 0.2) is 72.8 Å². The van der Waals surface area contributed by atoms with Gasteiger partial charge in [-0.15, -0.1) is 0 Å². The lowest BCUT2D eigenvalue weighted by atomic mass is 10.1. The fourth-order valence-electron chi connectivity index (χ4n) is 5.24. The highest BCUT2D eigenvalue weighted by Crippen LogP contribution is 2.28. The number of halogens is 1. The number of amides is 4. The molecule has 208 valence electrons. The van der Waals surface area contributed by atoms with E-state index in [9.17, 15) is 18.8 Å². The zero-order valence-electron chi connectivity index (χ0n) is 22.4. The van der Waals surface area contributed by atoms with Gasteiger partial charge in [-0.3, -0.25) is 9.59 Å². The van der Waals surface area contributed by atoms with Gasteiger partial charge in [0.25, 0.3) is 11.8 Å². The van der Waals surface area contributed by atoms with Crippen LogP contribution in [0.1, 0.15) is 46.4 Å². The highest BCUT2D eigenvalue weighted by atomic mass is 19.1. The van der Waals surface area contributed by atoms with E-state index in [-0.39, 0.29) is 23.5 Å². The van der Waals surface area contributed by atoms with E-state index in [1.54, 1.807) is 35.2 Å². The Morgan fingerprint density at radius 1 is 0.675 bits per heavy atom. The number of nitrogens with one attached hydrogen (secondary N) is 2. The third-order valence-electron chi connectivity index (χ3n) is 7.40. The second-order valence-corrected chi connectivity index (χ2v) is 10.1. The number of carbonyl (C=O) groups excluding carboxylic acids is 3. The van der Waals surface area contributed by atoms with Crippen molar-refractivity contribution >= 4 is 34.9 Å². The van der Waals surface area contributed by atoms with Gasteiger partial charge in [-0.25, -0.2) is 9.18 Å². The number of carbonyl (C=O) groups is 3. The fourth-order valence-corrected chi connectivity index (χ4v) is 5.24. The predicted octanol–water partition coefficient (Wildman–Crippen LogP) is 5.45. The Morgan fingerprint density at radius 2 is 1.40 bits per heavy atom. The number of para-hydroxylation sites is 1. The van der Waals surface area contributed by atoms with Gasteiger partial charge in [0.1, 0.15) is 5.82 Å². The molecule has 0 bridgehead atoms. The Kier molecular flexibility index (Phi) is 8.59. The normalized spacial score (nSPS) is 15.8. The summed E-state index contributed by atoms with van der Waals surface area (Å²) in [6.07, 6.45) is 3.75. The van der Waals surface area contributed by atoms with E-state index in [0.29, 0.717) is 62.5 Å². The average Bonchev–Trinajstić information content (AvgIpc) is 3.25. The van der Waals surface area contributed by atoms with Crippen LogP contribution in [0, 0.1) is 5.82 Å². The molecule has 0 saturated carbocycles. The van der Waals surface area contributed by atoms with Crippen LogP contribution >= 0.6 is 0 Å². The van der Waals surface area contributed by atoms with Crippen LogP contribution in [0.2, 0.25) is 0 Å². The molecule has 2 aliphatic rings. The Bertz CT molecular complexity index is 1360. The molecule has 0 unspecified atom stereocenters. The second-order valence-electron chi connectivity index (χ2n) is 10.1. The first-order valence-corrected chi connectivity index (χ1v) is 13.8. The molecule has 2 fully saturated rings. The summed E-state index contributed by atoms with van der Waals surface area (Å²) in [6, 6.07) is 20.2. The first-order valence-electron chi connectivity index (χ1n) is 13.8. The van der Waals surface area contributed by atoms with Gasteiger partial charge in [0, 0.05) is 56.2 Å². The van der Waals surface area contributed by atoms with Gasteiger partial charge in [0.05, 0.1) is 11.3 Å². The summed E-state index contributed by atoms with van der Waals surface area (Å²) in [4.78, 5) is 45.1. The summed E-state index contributed by atoms with van der Waals surface area (Å²) in [5.74, 6) is -0.771. The van der Waals surface area contributed by atoms with Crippen molar-refractivity contribution in [2.75, 3.05) is 54.8 Å². The summed E-state index contributed by atoms with van der Waals surface area (Å²) in [6.45, 7) is 3.52. The second kappa shape index (κ2) is 12.6. The zero-order valence-corrected chi connectivity index (χ0v) is 22.4. The van der Waals surface area contributed by atoms with Crippen LogP contribution in [-0.2, 0) is 0 Å². The number of rotatable bonds is 5. The molecule has 3 aromatic rings. The Balaban J connectivity index is 1.35. The van der Waals surface area contributed by atoms with Crippen molar-refractivity contribution in [2.24, 2.45) is 0 Å². The summed E-state index contributed by atoms with van der Waals surface area (Å²) in [7, 11) is 0. The number of urea groups is 1. The van der Waals surface area contributed by atoms with Crippen molar-refractivity contribution in [2.45, 2.75) is 25.7 Å². The highest BCUT2D eigenvalue weighted by Gasteiger charge is 2.26. The molecule has 4 amide bonds. The standard InChI is InChI=1S/C31H34FN5O3/c32-26-12-5-6-13-27(26)34-31(40)37-19-9-18-35(20-21-37)28-15-14-24(33-29(38)23-10-3-1-4-11-23)22-25(28)30(39)36-16-7-2-8-17-36/h1,3-6,10-15,22H,2,7-9,16-21H2,(H,33,38)(H,34,40). The first kappa shape index (κ1) is 27.2. The van der Waals surface area contributed by atoms with Gasteiger partial charge < -0.3 is 25.3 Å². The predicted molar refractivity (Wildman–Crippen MR) is 154 cm³/mol. The molecule has 2 heterocycles. The summed E-state index contributed by atoms with van der Waals surface area (Å²) >= 11 is 0. The van der Waals surface area contributed by atoms with Gasteiger partial charge in [-0.05, 0) is 68.1 Å². The molecule has 0 aliphatic carbocycles. The van der Waals surface area contributed by atoms with Gasteiger partial charge in [0.2, 0.25) is 0 Å². The quantitative estimate of drug-likeness (QED) is 0.448. The monoisotopic (exact) mass is 543 g/mol. The average molecular weight is 544 g/mol. The van der Waals surface area contributed by atoms with Crippen molar-refractivity contribution in [3.63, 3.8) is 0 Å². The van der Waals surface area contributed by atoms with Crippen molar-refractivity contribution in [3.8, 4) is 0 Å². The number of anilines is 3. The maximum Gasteiger partial charge on any atom is 0.321 e. The van der Waals surface area contributed by atoms with Crippen LogP contribution in [0.5, 0.6) is 0 Å². The van der Waals surface area contributed by atoms with Crippen molar-refractivity contribution in [3.05, 3.63) is 89.7 Å². The van der Waals surface area contributed by atoms with Crippen molar-refractivity contribution in [1.82, 2.24) is 9.80 Å². The van der Waals surface area contributed by atoms with Gasteiger partial charge in [-0.1, -0.05) is 30.3 Å². The van der Waals surface area contributed by atoms with Crippen LogP contribution in [0.25, 0.3) is 0 Å². The SMILES string of the molecule is O=C(Nc1ccc(N2CCCN(C(=O)Nc3ccccc3F)CC2)c(C(=O)N2CCCCC2)c1)c1ccccc1. The zero-order chi connectivity index (χ0) is 27.9. The molecule has 2 N–H and O–H groups in total. The topological polar surface area (TPSA) is 85.0 Å². The lowest BCUT2D eigenvalue weighted by Crippen LogP contribution is -2.39. The third kappa shape index (κ3) is 6.42. The Morgan fingerprint density at radius 3 is 2.17 bits per heavy atom. The molecule has 9 heteroatoms. The molecule has 0 atom stereocenters. The Labute approximate surface area is 233 Å². The van der Waals surface area contributed by atoms with E-state index in [1.165, 1.54) is 12.1 Å². The summed E-state index contributed by atoms with van der Waals surface area (Å²) in [5.41, 5.74) is 2.56. The number of hydrogen-bond acceptors (Lipinski definition) is 4. The van der Waals surface area contributed by atoms with Crippen LogP contribution in [-0.4, -0.2) is 66.9 Å². The van der Waals surface area contributed by atoms with Crippen molar-refractivity contribution < 1.29 is 18.8 Å². The molecule has 0 spiro atoms. The van der Waals surface area contributed by atoms with Gasteiger partial charge >= 0.3 is 6.03 Å². The molecule has 8 nitrogen and oxygen atoms in total. The van der Waals surface area contributed by atoms with E-state index < -0.39 is 5.82 Å². The molecular formula is C31H34FN5O3. The number of hydrogen-bond donors (Lipinski definition) is 2. The number of piperidine rings is 1. The lowest BCUT2D eigenvalue weighted by Gasteiger charge is -2.30. The minimum atomic E-state index is -0.479. The maximum absolute atomic E-state index is 14.1. The molecule has 2 aliphatic heterocycles. The van der Waals surface area contributed by atoms with Gasteiger partial charge in [-0.2, -0.15) is 0 Å². The summed E-state index contributed by atoms with van der Waals surface area (Å²) in [5, 5.41) is 5.60. The molecular weight excluding hydrogens is 509 g/mol. The van der Waals surface area contributed by atoms with E-state index in [2.05, 4.69) is 15.5 Å².